The molecule has 2 unspecified atom stereocenters. The molecule has 0 saturated carbocycles. The first kappa shape index (κ1) is 10.4. The summed E-state index contributed by atoms with van der Waals surface area (Å²) in [5.74, 6) is 0.920. The Bertz CT molecular complexity index is 81.2. The smallest absolute Gasteiger partial charge is 0.0330 e. The molecule has 0 rings (SSSR count). The van der Waals surface area contributed by atoms with Crippen molar-refractivity contribution >= 4 is 8.58 Å². The number of rotatable bonds is 3. The molecule has 0 aliphatic heterocycles. The van der Waals surface area contributed by atoms with Crippen LogP contribution in [0.15, 0.2) is 0 Å². The van der Waals surface area contributed by atoms with Crippen LogP contribution in [0.1, 0.15) is 34.1 Å². The van der Waals surface area contributed by atoms with Crippen LogP contribution in [-0.2, 0) is 0 Å². The molecule has 0 saturated heterocycles. The molecule has 0 fully saturated rings. The predicted molar refractivity (Wildman–Crippen MR) is 52.3 cm³/mol. The van der Waals surface area contributed by atoms with Crippen molar-refractivity contribution in [2.75, 3.05) is 12.8 Å². The monoisotopic (exact) mass is 160 g/mol. The van der Waals surface area contributed by atoms with Gasteiger partial charge in [0.1, 0.15) is 0 Å². The van der Waals surface area contributed by atoms with Crippen molar-refractivity contribution in [2.24, 2.45) is 11.3 Å². The average molecular weight is 160 g/mol. The van der Waals surface area contributed by atoms with Gasteiger partial charge in [-0.3, -0.25) is 0 Å². The standard InChI is InChI=1S/C9H21P/c1-8(7-10-5)6-9(2,3)4/h8,10H,6-7H2,1-5H3. The van der Waals surface area contributed by atoms with Gasteiger partial charge in [-0.1, -0.05) is 27.7 Å². The highest BCUT2D eigenvalue weighted by molar-refractivity contribution is 7.36. The molecule has 0 amide bonds. The van der Waals surface area contributed by atoms with Crippen molar-refractivity contribution in [3.05, 3.63) is 0 Å². The van der Waals surface area contributed by atoms with Crippen molar-refractivity contribution < 1.29 is 0 Å². The molecule has 0 aromatic heterocycles. The summed E-state index contributed by atoms with van der Waals surface area (Å²) < 4.78 is 0. The summed E-state index contributed by atoms with van der Waals surface area (Å²) in [6.07, 6.45) is 2.78. The van der Waals surface area contributed by atoms with Crippen LogP contribution < -0.4 is 0 Å². The molecule has 0 aliphatic carbocycles. The Kier molecular flexibility index (Phi) is 4.52. The third kappa shape index (κ3) is 6.55. The lowest BCUT2D eigenvalue weighted by Crippen LogP contribution is -2.11. The van der Waals surface area contributed by atoms with E-state index in [0.29, 0.717) is 5.41 Å². The van der Waals surface area contributed by atoms with Crippen molar-refractivity contribution in [3.63, 3.8) is 0 Å². The third-order valence-electron chi connectivity index (χ3n) is 1.51. The zero-order valence-corrected chi connectivity index (χ0v) is 8.99. The highest BCUT2D eigenvalue weighted by Crippen LogP contribution is 2.26. The Morgan fingerprint density at radius 1 is 1.30 bits per heavy atom. The lowest BCUT2D eigenvalue weighted by molar-refractivity contribution is 0.323. The van der Waals surface area contributed by atoms with Crippen LogP contribution in [0.25, 0.3) is 0 Å². The number of hydrogen-bond acceptors (Lipinski definition) is 0. The van der Waals surface area contributed by atoms with Gasteiger partial charge in [-0.15, -0.1) is 8.58 Å². The Morgan fingerprint density at radius 3 is 2.10 bits per heavy atom. The molecule has 0 N–H and O–H groups in total. The Morgan fingerprint density at radius 2 is 1.80 bits per heavy atom. The largest absolute Gasteiger partial charge is 0.125 e. The van der Waals surface area contributed by atoms with Gasteiger partial charge in [-0.25, -0.2) is 0 Å². The van der Waals surface area contributed by atoms with E-state index >= 15 is 0 Å². The van der Waals surface area contributed by atoms with E-state index in [1.807, 2.05) is 0 Å². The molecular weight excluding hydrogens is 139 g/mol. The van der Waals surface area contributed by atoms with Gasteiger partial charge < -0.3 is 0 Å². The van der Waals surface area contributed by atoms with E-state index in [4.69, 9.17) is 0 Å². The molecule has 0 bridgehead atoms. The summed E-state index contributed by atoms with van der Waals surface area (Å²) in [4.78, 5) is 0. The molecule has 0 heterocycles. The topological polar surface area (TPSA) is 0 Å². The highest BCUT2D eigenvalue weighted by atomic mass is 31.1. The van der Waals surface area contributed by atoms with E-state index < -0.39 is 0 Å². The van der Waals surface area contributed by atoms with E-state index in [9.17, 15) is 0 Å². The lowest BCUT2D eigenvalue weighted by Gasteiger charge is -2.22. The van der Waals surface area contributed by atoms with Gasteiger partial charge in [0.2, 0.25) is 0 Å². The highest BCUT2D eigenvalue weighted by Gasteiger charge is 2.13. The summed E-state index contributed by atoms with van der Waals surface area (Å²) in [6, 6.07) is 0. The minimum Gasteiger partial charge on any atom is -0.125 e. The molecule has 0 aromatic rings. The van der Waals surface area contributed by atoms with Gasteiger partial charge >= 0.3 is 0 Å². The van der Waals surface area contributed by atoms with Crippen LogP contribution >= 0.6 is 8.58 Å². The summed E-state index contributed by atoms with van der Waals surface area (Å²) in [6.45, 7) is 11.6. The second-order valence-electron chi connectivity index (χ2n) is 4.43. The van der Waals surface area contributed by atoms with E-state index in [1.165, 1.54) is 12.6 Å². The van der Waals surface area contributed by atoms with Gasteiger partial charge in [0.05, 0.1) is 0 Å². The second-order valence-corrected chi connectivity index (χ2v) is 5.54. The fourth-order valence-corrected chi connectivity index (χ4v) is 2.31. The van der Waals surface area contributed by atoms with Gasteiger partial charge in [0, 0.05) is 0 Å². The van der Waals surface area contributed by atoms with Gasteiger partial charge in [-0.2, -0.15) is 0 Å². The fourth-order valence-electron chi connectivity index (χ4n) is 1.47. The predicted octanol–water partition coefficient (Wildman–Crippen LogP) is 3.37. The lowest BCUT2D eigenvalue weighted by atomic mass is 9.86. The van der Waals surface area contributed by atoms with Crippen molar-refractivity contribution in [3.8, 4) is 0 Å². The normalized spacial score (nSPS) is 16.5. The van der Waals surface area contributed by atoms with Crippen molar-refractivity contribution in [1.82, 2.24) is 0 Å². The van der Waals surface area contributed by atoms with Crippen LogP contribution in [0, 0.1) is 11.3 Å². The minimum atomic E-state index is 0.527. The molecule has 0 aromatic carbocycles. The first-order chi connectivity index (χ1) is 4.45. The summed E-state index contributed by atoms with van der Waals surface area (Å²) in [7, 11) is 1.12. The fraction of sp³-hybridized carbons (Fsp3) is 1.00. The van der Waals surface area contributed by atoms with Gasteiger partial charge in [-0.05, 0) is 30.6 Å². The maximum absolute atomic E-state index is 2.36. The van der Waals surface area contributed by atoms with E-state index in [-0.39, 0.29) is 0 Å². The molecule has 2 atom stereocenters. The molecule has 0 spiro atoms. The molecule has 0 aliphatic rings. The van der Waals surface area contributed by atoms with Crippen LogP contribution in [0.3, 0.4) is 0 Å². The zero-order chi connectivity index (χ0) is 8.20. The molecule has 10 heavy (non-hydrogen) atoms. The van der Waals surface area contributed by atoms with Crippen LogP contribution in [-0.4, -0.2) is 12.8 Å². The third-order valence-corrected chi connectivity index (χ3v) is 2.62. The van der Waals surface area contributed by atoms with E-state index in [1.54, 1.807) is 0 Å². The van der Waals surface area contributed by atoms with Crippen LogP contribution in [0.4, 0.5) is 0 Å². The van der Waals surface area contributed by atoms with Crippen LogP contribution in [0.5, 0.6) is 0 Å². The first-order valence-corrected chi connectivity index (χ1v) is 5.81. The second kappa shape index (κ2) is 4.34. The quantitative estimate of drug-likeness (QED) is 0.555. The Labute approximate surface area is 67.6 Å². The summed E-state index contributed by atoms with van der Waals surface area (Å²) >= 11 is 0. The first-order valence-electron chi connectivity index (χ1n) is 4.10. The molecular formula is C9H21P. The average Bonchev–Trinajstić information content (AvgIpc) is 1.59. The molecule has 0 radical (unpaired) electrons. The van der Waals surface area contributed by atoms with Crippen molar-refractivity contribution in [2.45, 2.75) is 34.1 Å². The number of hydrogen-bond donors (Lipinski definition) is 0. The summed E-state index contributed by atoms with van der Waals surface area (Å²) in [5.41, 5.74) is 0.527. The van der Waals surface area contributed by atoms with Gasteiger partial charge in [0.25, 0.3) is 0 Å². The zero-order valence-electron chi connectivity index (χ0n) is 7.99. The summed E-state index contributed by atoms with van der Waals surface area (Å²) in [5, 5.41) is 0. The Balaban J connectivity index is 3.47. The minimum absolute atomic E-state index is 0.527. The van der Waals surface area contributed by atoms with Crippen molar-refractivity contribution in [1.29, 1.82) is 0 Å². The maximum Gasteiger partial charge on any atom is -0.0330 e. The molecule has 1 heteroatoms. The SMILES string of the molecule is CPCC(C)CC(C)(C)C. The van der Waals surface area contributed by atoms with E-state index in [2.05, 4.69) is 34.4 Å². The molecule has 0 nitrogen and oxygen atoms in total. The van der Waals surface area contributed by atoms with E-state index in [0.717, 1.165) is 14.5 Å². The Hall–Kier alpha value is 0.430. The van der Waals surface area contributed by atoms with Gasteiger partial charge in [0.15, 0.2) is 0 Å². The molecule has 62 valence electrons. The van der Waals surface area contributed by atoms with Crippen LogP contribution in [0.2, 0.25) is 0 Å². The maximum atomic E-state index is 2.36.